The van der Waals surface area contributed by atoms with E-state index in [1.807, 2.05) is 0 Å². The minimum Gasteiger partial charge on any atom is -0.481 e. The van der Waals surface area contributed by atoms with Crippen LogP contribution in [0.5, 0.6) is 0 Å². The number of aliphatic carboxylic acids is 1. The number of carboxylic acid groups (broad SMARTS) is 1. The third-order valence-corrected chi connectivity index (χ3v) is 3.99. The molecule has 3 N–H and O–H groups in total. The lowest BCUT2D eigenvalue weighted by molar-refractivity contribution is -0.142. The molecule has 1 fully saturated rings. The Labute approximate surface area is 134 Å². The Hall–Kier alpha value is -2.57. The van der Waals surface area contributed by atoms with Crippen LogP contribution in [0.25, 0.3) is 0 Å². The lowest BCUT2D eigenvalue weighted by Crippen LogP contribution is -2.41. The van der Waals surface area contributed by atoms with E-state index in [9.17, 15) is 14.4 Å². The van der Waals surface area contributed by atoms with Crippen LogP contribution in [0.2, 0.25) is 0 Å². The van der Waals surface area contributed by atoms with Gasteiger partial charge in [0.2, 0.25) is 0 Å². The summed E-state index contributed by atoms with van der Waals surface area (Å²) < 4.78 is 4.68. The van der Waals surface area contributed by atoms with E-state index >= 15 is 0 Å². The maximum absolute atomic E-state index is 12.1. The highest BCUT2D eigenvalue weighted by atomic mass is 16.5. The first-order valence-corrected chi connectivity index (χ1v) is 7.49. The Bertz CT molecular complexity index is 594. The van der Waals surface area contributed by atoms with E-state index in [2.05, 4.69) is 15.4 Å². The number of ether oxygens (including phenoxy) is 1. The number of hydrogen-bond acceptors (Lipinski definition) is 4. The largest absolute Gasteiger partial charge is 0.481 e. The van der Waals surface area contributed by atoms with Crippen molar-refractivity contribution in [1.29, 1.82) is 0 Å². The predicted octanol–water partition coefficient (Wildman–Crippen LogP) is 2.24. The number of urea groups is 1. The van der Waals surface area contributed by atoms with Crippen LogP contribution in [0, 0.1) is 5.92 Å². The molecular formula is C16H20N2O5. The molecule has 1 aromatic carbocycles. The molecule has 0 aliphatic heterocycles. The van der Waals surface area contributed by atoms with Gasteiger partial charge >= 0.3 is 18.0 Å². The molecule has 2 rings (SSSR count). The van der Waals surface area contributed by atoms with Crippen LogP contribution < -0.4 is 10.6 Å². The molecule has 0 bridgehead atoms. The predicted molar refractivity (Wildman–Crippen MR) is 83.3 cm³/mol. The Kier molecular flexibility index (Phi) is 5.56. The van der Waals surface area contributed by atoms with Crippen molar-refractivity contribution in [3.05, 3.63) is 29.8 Å². The molecule has 0 heterocycles. The smallest absolute Gasteiger partial charge is 0.339 e. The zero-order valence-electron chi connectivity index (χ0n) is 12.9. The summed E-state index contributed by atoms with van der Waals surface area (Å²) in [5, 5.41) is 14.4. The summed E-state index contributed by atoms with van der Waals surface area (Å²) >= 11 is 0. The number of nitrogens with one attached hydrogen (secondary N) is 2. The number of hydrogen-bond donors (Lipinski definition) is 3. The molecule has 1 aliphatic rings. The van der Waals surface area contributed by atoms with Gasteiger partial charge in [0, 0.05) is 6.04 Å². The highest BCUT2D eigenvalue weighted by Gasteiger charge is 2.26. The number of para-hydroxylation sites is 1. The zero-order valence-corrected chi connectivity index (χ0v) is 12.9. The van der Waals surface area contributed by atoms with Crippen LogP contribution in [0.1, 0.15) is 36.0 Å². The molecule has 2 amide bonds. The van der Waals surface area contributed by atoms with Gasteiger partial charge < -0.3 is 20.5 Å². The second kappa shape index (κ2) is 7.62. The van der Waals surface area contributed by atoms with E-state index in [0.717, 1.165) is 0 Å². The highest BCUT2D eigenvalue weighted by Crippen LogP contribution is 2.24. The van der Waals surface area contributed by atoms with Crippen LogP contribution in [0.15, 0.2) is 24.3 Å². The summed E-state index contributed by atoms with van der Waals surface area (Å²) in [6.07, 6.45) is 2.37. The molecule has 1 aliphatic carbocycles. The molecule has 0 radical (unpaired) electrons. The Morgan fingerprint density at radius 1 is 1.13 bits per heavy atom. The van der Waals surface area contributed by atoms with Gasteiger partial charge in [-0.05, 0) is 37.8 Å². The second-order valence-corrected chi connectivity index (χ2v) is 5.52. The fraction of sp³-hybridized carbons (Fsp3) is 0.438. The number of carbonyl (C=O) groups is 3. The van der Waals surface area contributed by atoms with E-state index < -0.39 is 18.0 Å². The minimum atomic E-state index is -0.778. The maximum Gasteiger partial charge on any atom is 0.339 e. The van der Waals surface area contributed by atoms with Crippen LogP contribution >= 0.6 is 0 Å². The van der Waals surface area contributed by atoms with E-state index in [0.29, 0.717) is 31.4 Å². The number of amides is 2. The molecule has 0 atom stereocenters. The van der Waals surface area contributed by atoms with Gasteiger partial charge in [0.25, 0.3) is 0 Å². The van der Waals surface area contributed by atoms with E-state index in [1.54, 1.807) is 24.3 Å². The number of methoxy groups -OCH3 is 1. The summed E-state index contributed by atoms with van der Waals surface area (Å²) in [4.78, 5) is 34.6. The Morgan fingerprint density at radius 3 is 2.39 bits per heavy atom. The maximum atomic E-state index is 12.1. The van der Waals surface area contributed by atoms with Crippen molar-refractivity contribution in [2.45, 2.75) is 31.7 Å². The molecule has 7 heteroatoms. The molecule has 1 saturated carbocycles. The summed E-state index contributed by atoms with van der Waals surface area (Å²) in [5.41, 5.74) is 0.649. The standard InChI is InChI=1S/C16H20N2O5/c1-23-15(21)12-4-2-3-5-13(12)18-16(22)17-11-8-6-10(7-9-11)14(19)20/h2-5,10-11H,6-9H2,1H3,(H,19,20)(H2,17,18,22). The Balaban J connectivity index is 1.91. The monoisotopic (exact) mass is 320 g/mol. The van der Waals surface area contributed by atoms with Crippen LogP contribution in [-0.4, -0.2) is 36.2 Å². The van der Waals surface area contributed by atoms with Gasteiger partial charge in [0.15, 0.2) is 0 Å². The SMILES string of the molecule is COC(=O)c1ccccc1NC(=O)NC1CCC(C(=O)O)CC1. The third-order valence-electron chi connectivity index (χ3n) is 3.99. The normalized spacial score (nSPS) is 20.4. The summed E-state index contributed by atoms with van der Waals surface area (Å²) in [7, 11) is 1.28. The van der Waals surface area contributed by atoms with E-state index in [1.165, 1.54) is 7.11 Å². The fourth-order valence-corrected chi connectivity index (χ4v) is 2.71. The average molecular weight is 320 g/mol. The van der Waals surface area contributed by atoms with Crippen molar-refractivity contribution in [2.24, 2.45) is 5.92 Å². The third kappa shape index (κ3) is 4.45. The molecule has 124 valence electrons. The molecule has 0 spiro atoms. The van der Waals surface area contributed by atoms with Gasteiger partial charge in [-0.1, -0.05) is 12.1 Å². The number of rotatable bonds is 4. The number of carboxylic acids is 1. The number of esters is 1. The summed E-state index contributed by atoms with van der Waals surface area (Å²) in [6.45, 7) is 0. The average Bonchev–Trinajstić information content (AvgIpc) is 2.55. The van der Waals surface area contributed by atoms with Gasteiger partial charge in [-0.3, -0.25) is 4.79 Å². The van der Waals surface area contributed by atoms with Gasteiger partial charge in [-0.15, -0.1) is 0 Å². The van der Waals surface area contributed by atoms with Crippen molar-refractivity contribution < 1.29 is 24.2 Å². The van der Waals surface area contributed by atoms with Crippen molar-refractivity contribution in [1.82, 2.24) is 5.32 Å². The molecule has 1 aromatic rings. The van der Waals surface area contributed by atoms with Gasteiger partial charge in [0.05, 0.1) is 24.3 Å². The van der Waals surface area contributed by atoms with Crippen molar-refractivity contribution >= 4 is 23.7 Å². The van der Waals surface area contributed by atoms with E-state index in [4.69, 9.17) is 5.11 Å². The Morgan fingerprint density at radius 2 is 1.78 bits per heavy atom. The molecule has 23 heavy (non-hydrogen) atoms. The van der Waals surface area contributed by atoms with E-state index in [-0.39, 0.29) is 17.5 Å². The molecular weight excluding hydrogens is 300 g/mol. The number of benzene rings is 1. The second-order valence-electron chi connectivity index (χ2n) is 5.52. The van der Waals surface area contributed by atoms with Crippen LogP contribution in [0.4, 0.5) is 10.5 Å². The van der Waals surface area contributed by atoms with Gasteiger partial charge in [-0.25, -0.2) is 9.59 Å². The summed E-state index contributed by atoms with van der Waals surface area (Å²) in [6, 6.07) is 6.10. The minimum absolute atomic E-state index is 0.0594. The quantitative estimate of drug-likeness (QED) is 0.738. The fourth-order valence-electron chi connectivity index (χ4n) is 2.71. The highest BCUT2D eigenvalue weighted by molar-refractivity contribution is 6.00. The lowest BCUT2D eigenvalue weighted by atomic mass is 9.86. The molecule has 7 nitrogen and oxygen atoms in total. The van der Waals surface area contributed by atoms with Gasteiger partial charge in [-0.2, -0.15) is 0 Å². The summed E-state index contributed by atoms with van der Waals surface area (Å²) in [5.74, 6) is -1.63. The number of carbonyl (C=O) groups excluding carboxylic acids is 2. The van der Waals surface area contributed by atoms with Crippen molar-refractivity contribution in [3.63, 3.8) is 0 Å². The zero-order chi connectivity index (χ0) is 16.8. The van der Waals surface area contributed by atoms with Crippen LogP contribution in [0.3, 0.4) is 0 Å². The number of anilines is 1. The van der Waals surface area contributed by atoms with Gasteiger partial charge in [0.1, 0.15) is 0 Å². The van der Waals surface area contributed by atoms with Crippen LogP contribution in [-0.2, 0) is 9.53 Å². The first kappa shape index (κ1) is 16.8. The van der Waals surface area contributed by atoms with Crippen molar-refractivity contribution in [3.8, 4) is 0 Å². The first-order valence-electron chi connectivity index (χ1n) is 7.49. The van der Waals surface area contributed by atoms with Crippen molar-refractivity contribution in [2.75, 3.05) is 12.4 Å². The molecule has 0 saturated heterocycles. The topological polar surface area (TPSA) is 105 Å². The lowest BCUT2D eigenvalue weighted by Gasteiger charge is -2.26. The molecule has 0 aromatic heterocycles. The molecule has 0 unspecified atom stereocenters. The first-order chi connectivity index (χ1) is 11.0.